The van der Waals surface area contributed by atoms with Crippen LogP contribution < -0.4 is 5.32 Å². The van der Waals surface area contributed by atoms with Gasteiger partial charge in [-0.05, 0) is 18.9 Å². The molecule has 1 aromatic rings. The fraction of sp³-hybridized carbons (Fsp3) is 0.800. The summed E-state index contributed by atoms with van der Waals surface area (Å²) in [6, 6.07) is 0. The Kier molecular flexibility index (Phi) is 9.02. The second-order valence-electron chi connectivity index (χ2n) is 5.10. The maximum Gasteiger partial charge on any atom is 0.0954 e. The van der Waals surface area contributed by atoms with E-state index in [9.17, 15) is 0 Å². The van der Waals surface area contributed by atoms with Gasteiger partial charge in [0, 0.05) is 25.0 Å². The van der Waals surface area contributed by atoms with Crippen LogP contribution in [0.2, 0.25) is 0 Å². The monoisotopic (exact) mass is 300 g/mol. The zero-order valence-electron chi connectivity index (χ0n) is 13.2. The maximum atomic E-state index is 5.51. The van der Waals surface area contributed by atoms with Gasteiger partial charge in [0.05, 0.1) is 30.5 Å². The summed E-state index contributed by atoms with van der Waals surface area (Å²) in [4.78, 5) is 6.15. The first kappa shape index (κ1) is 17.6. The molecule has 0 amide bonds. The number of nitrogens with zero attached hydrogens (tertiary/aromatic N) is 1. The summed E-state index contributed by atoms with van der Waals surface area (Å²) in [6.07, 6.45) is 2.05. The van der Waals surface area contributed by atoms with E-state index in [2.05, 4.69) is 26.1 Å². The number of aromatic nitrogens is 1. The fourth-order valence-corrected chi connectivity index (χ4v) is 3.06. The van der Waals surface area contributed by atoms with E-state index in [4.69, 9.17) is 14.5 Å². The molecule has 0 radical (unpaired) electrons. The van der Waals surface area contributed by atoms with Crippen LogP contribution in [-0.2, 0) is 22.4 Å². The maximum absolute atomic E-state index is 5.51. The summed E-state index contributed by atoms with van der Waals surface area (Å²) in [7, 11) is 1.69. The first-order valence-corrected chi connectivity index (χ1v) is 8.26. The van der Waals surface area contributed by atoms with E-state index in [0.717, 1.165) is 32.5 Å². The van der Waals surface area contributed by atoms with Gasteiger partial charge >= 0.3 is 0 Å². The van der Waals surface area contributed by atoms with Crippen LogP contribution in [-0.4, -0.2) is 38.5 Å². The van der Waals surface area contributed by atoms with Crippen LogP contribution in [0, 0.1) is 0 Å². The molecule has 0 atom stereocenters. The zero-order chi connectivity index (χ0) is 14.8. The van der Waals surface area contributed by atoms with Crippen molar-refractivity contribution in [1.82, 2.24) is 10.3 Å². The summed E-state index contributed by atoms with van der Waals surface area (Å²) < 4.78 is 10.5. The van der Waals surface area contributed by atoms with E-state index in [-0.39, 0.29) is 0 Å². The Morgan fingerprint density at radius 2 is 2.05 bits per heavy atom. The number of nitrogens with one attached hydrogen (secondary N) is 1. The average Bonchev–Trinajstić information content (AvgIpc) is 2.82. The van der Waals surface area contributed by atoms with Crippen molar-refractivity contribution in [3.63, 3.8) is 0 Å². The fourth-order valence-electron chi connectivity index (χ4n) is 1.88. The van der Waals surface area contributed by atoms with E-state index < -0.39 is 0 Å². The molecule has 0 aliphatic heterocycles. The predicted molar refractivity (Wildman–Crippen MR) is 84.6 cm³/mol. The molecule has 1 aromatic heterocycles. The normalized spacial score (nSPS) is 11.4. The van der Waals surface area contributed by atoms with Crippen molar-refractivity contribution in [2.45, 2.75) is 46.1 Å². The second kappa shape index (κ2) is 10.3. The van der Waals surface area contributed by atoms with Gasteiger partial charge in [0.25, 0.3) is 0 Å². The Morgan fingerprint density at radius 3 is 2.70 bits per heavy atom. The molecule has 0 aliphatic rings. The first-order valence-electron chi connectivity index (χ1n) is 7.44. The van der Waals surface area contributed by atoms with Crippen LogP contribution in [0.5, 0.6) is 0 Å². The summed E-state index contributed by atoms with van der Waals surface area (Å²) in [6.45, 7) is 10.6. The van der Waals surface area contributed by atoms with E-state index in [1.165, 1.54) is 15.6 Å². The van der Waals surface area contributed by atoms with Crippen molar-refractivity contribution >= 4 is 11.3 Å². The lowest BCUT2D eigenvalue weighted by molar-refractivity contribution is 0.0722. The van der Waals surface area contributed by atoms with Crippen LogP contribution in [0.4, 0.5) is 0 Å². The largest absolute Gasteiger partial charge is 0.382 e. The third-order valence-corrected chi connectivity index (χ3v) is 4.05. The summed E-state index contributed by atoms with van der Waals surface area (Å²) in [5.41, 5.74) is 1.24. The van der Waals surface area contributed by atoms with E-state index in [1.807, 2.05) is 11.3 Å². The number of thiazole rings is 1. The van der Waals surface area contributed by atoms with Crippen molar-refractivity contribution in [2.75, 3.05) is 33.5 Å². The topological polar surface area (TPSA) is 43.4 Å². The van der Waals surface area contributed by atoms with Gasteiger partial charge in [-0.2, -0.15) is 0 Å². The van der Waals surface area contributed by atoms with Crippen molar-refractivity contribution in [2.24, 2.45) is 0 Å². The minimum atomic E-state index is 0.479. The Labute approximate surface area is 126 Å². The van der Waals surface area contributed by atoms with Gasteiger partial charge in [-0.15, -0.1) is 11.3 Å². The molecule has 0 fully saturated rings. The van der Waals surface area contributed by atoms with Crippen LogP contribution in [0.25, 0.3) is 0 Å². The number of hydrogen-bond donors (Lipinski definition) is 1. The Morgan fingerprint density at radius 1 is 1.25 bits per heavy atom. The molecule has 0 saturated carbocycles. The SMILES string of the molecule is CCCNCc1sc(CCOCCOC)nc1C(C)C. The molecule has 0 saturated heterocycles. The Hall–Kier alpha value is -0.490. The van der Waals surface area contributed by atoms with Crippen molar-refractivity contribution in [1.29, 1.82) is 0 Å². The minimum absolute atomic E-state index is 0.479. The summed E-state index contributed by atoms with van der Waals surface area (Å²) in [5.74, 6) is 0.479. The number of ether oxygens (including phenoxy) is 2. The van der Waals surface area contributed by atoms with E-state index in [0.29, 0.717) is 19.1 Å². The highest BCUT2D eigenvalue weighted by atomic mass is 32.1. The third-order valence-electron chi connectivity index (χ3n) is 2.92. The standard InChI is InChI=1S/C15H28N2O2S/c1-5-7-16-11-13-15(12(2)3)17-14(20-13)6-8-19-10-9-18-4/h12,16H,5-11H2,1-4H3. The highest BCUT2D eigenvalue weighted by molar-refractivity contribution is 7.11. The molecular weight excluding hydrogens is 272 g/mol. The van der Waals surface area contributed by atoms with Crippen molar-refractivity contribution in [3.05, 3.63) is 15.6 Å². The molecule has 1 N–H and O–H groups in total. The number of methoxy groups -OCH3 is 1. The van der Waals surface area contributed by atoms with Crippen molar-refractivity contribution in [3.8, 4) is 0 Å². The minimum Gasteiger partial charge on any atom is -0.382 e. The van der Waals surface area contributed by atoms with Gasteiger partial charge in [0.15, 0.2) is 0 Å². The predicted octanol–water partition coefficient (Wildman–Crippen LogP) is 2.97. The molecular formula is C15H28N2O2S. The lowest BCUT2D eigenvalue weighted by atomic mass is 10.1. The number of hydrogen-bond acceptors (Lipinski definition) is 5. The molecule has 0 aliphatic carbocycles. The Balaban J connectivity index is 2.48. The summed E-state index contributed by atoms with van der Waals surface area (Å²) in [5, 5.41) is 4.65. The van der Waals surface area contributed by atoms with Crippen LogP contribution in [0.1, 0.15) is 48.7 Å². The van der Waals surface area contributed by atoms with Gasteiger partial charge < -0.3 is 14.8 Å². The van der Waals surface area contributed by atoms with E-state index in [1.54, 1.807) is 7.11 Å². The highest BCUT2D eigenvalue weighted by Crippen LogP contribution is 2.25. The quantitative estimate of drug-likeness (QED) is 0.638. The van der Waals surface area contributed by atoms with Crippen LogP contribution in [0.3, 0.4) is 0 Å². The molecule has 4 nitrogen and oxygen atoms in total. The second-order valence-corrected chi connectivity index (χ2v) is 6.27. The van der Waals surface area contributed by atoms with E-state index >= 15 is 0 Å². The van der Waals surface area contributed by atoms with Gasteiger partial charge in [-0.1, -0.05) is 20.8 Å². The molecule has 20 heavy (non-hydrogen) atoms. The molecule has 0 bridgehead atoms. The molecule has 0 unspecified atom stereocenters. The highest BCUT2D eigenvalue weighted by Gasteiger charge is 2.13. The molecule has 1 rings (SSSR count). The third kappa shape index (κ3) is 6.31. The van der Waals surface area contributed by atoms with Gasteiger partial charge in [-0.25, -0.2) is 4.98 Å². The lowest BCUT2D eigenvalue weighted by Crippen LogP contribution is -2.14. The molecule has 116 valence electrons. The molecule has 0 aromatic carbocycles. The van der Waals surface area contributed by atoms with Gasteiger partial charge in [0.1, 0.15) is 0 Å². The molecule has 5 heteroatoms. The zero-order valence-corrected chi connectivity index (χ0v) is 14.0. The smallest absolute Gasteiger partial charge is 0.0954 e. The van der Waals surface area contributed by atoms with Gasteiger partial charge in [-0.3, -0.25) is 0 Å². The Bertz CT molecular complexity index is 367. The number of rotatable bonds is 11. The van der Waals surface area contributed by atoms with Crippen molar-refractivity contribution < 1.29 is 9.47 Å². The van der Waals surface area contributed by atoms with Crippen LogP contribution in [0.15, 0.2) is 0 Å². The van der Waals surface area contributed by atoms with Crippen LogP contribution >= 0.6 is 11.3 Å². The first-order chi connectivity index (χ1) is 9.69. The summed E-state index contributed by atoms with van der Waals surface area (Å²) >= 11 is 1.82. The lowest BCUT2D eigenvalue weighted by Gasteiger charge is -2.05. The molecule has 1 heterocycles. The average molecular weight is 300 g/mol. The van der Waals surface area contributed by atoms with Gasteiger partial charge in [0.2, 0.25) is 0 Å². The molecule has 0 spiro atoms.